The highest BCUT2D eigenvalue weighted by Gasteiger charge is 2.67. The third kappa shape index (κ3) is 2.99. The quantitative estimate of drug-likeness (QED) is 0.855. The predicted molar refractivity (Wildman–Crippen MR) is 81.1 cm³/mol. The van der Waals surface area contributed by atoms with Crippen molar-refractivity contribution >= 4 is 11.9 Å². The SMILES string of the molecule is COC(=O)C1(NC(=O)C(C)c2cccc(C(F)(F)F)c2)C(C)[C@H]1C. The minimum absolute atomic E-state index is 0.0948. The summed E-state index contributed by atoms with van der Waals surface area (Å²) >= 11 is 0. The van der Waals surface area contributed by atoms with Crippen LogP contribution in [-0.4, -0.2) is 24.5 Å². The summed E-state index contributed by atoms with van der Waals surface area (Å²) in [5, 5.41) is 2.68. The number of hydrogen-bond donors (Lipinski definition) is 1. The molecule has 1 aliphatic rings. The van der Waals surface area contributed by atoms with Gasteiger partial charge in [-0.15, -0.1) is 0 Å². The number of carbonyl (C=O) groups excluding carboxylic acids is 2. The third-order valence-electron chi connectivity index (χ3n) is 5.04. The maximum Gasteiger partial charge on any atom is 0.416 e. The zero-order valence-corrected chi connectivity index (χ0v) is 13.9. The van der Waals surface area contributed by atoms with Crippen molar-refractivity contribution < 1.29 is 27.5 Å². The summed E-state index contributed by atoms with van der Waals surface area (Å²) in [4.78, 5) is 24.5. The van der Waals surface area contributed by atoms with Gasteiger partial charge in [0.15, 0.2) is 0 Å². The highest BCUT2D eigenvalue weighted by molar-refractivity contribution is 5.94. The van der Waals surface area contributed by atoms with E-state index in [0.717, 1.165) is 12.1 Å². The van der Waals surface area contributed by atoms with Gasteiger partial charge in [-0.3, -0.25) is 4.79 Å². The molecule has 0 heterocycles. The minimum Gasteiger partial charge on any atom is -0.467 e. The number of amides is 1. The minimum atomic E-state index is -4.47. The Kier molecular flexibility index (Phi) is 4.65. The molecule has 1 aromatic rings. The Labute approximate surface area is 138 Å². The van der Waals surface area contributed by atoms with E-state index in [1.54, 1.807) is 0 Å². The second-order valence-electron chi connectivity index (χ2n) is 6.27. The Bertz CT molecular complexity index is 649. The van der Waals surface area contributed by atoms with Gasteiger partial charge in [-0.2, -0.15) is 13.2 Å². The lowest BCUT2D eigenvalue weighted by Gasteiger charge is -2.21. The topological polar surface area (TPSA) is 55.4 Å². The molecule has 3 unspecified atom stereocenters. The first-order valence-electron chi connectivity index (χ1n) is 7.63. The van der Waals surface area contributed by atoms with Gasteiger partial charge in [-0.25, -0.2) is 4.79 Å². The number of esters is 1. The van der Waals surface area contributed by atoms with Crippen LogP contribution in [0.5, 0.6) is 0 Å². The van der Waals surface area contributed by atoms with Gasteiger partial charge in [-0.05, 0) is 30.4 Å². The highest BCUT2D eigenvalue weighted by Crippen LogP contribution is 2.51. The molecule has 1 saturated carbocycles. The average molecular weight is 343 g/mol. The Hall–Kier alpha value is -2.05. The van der Waals surface area contributed by atoms with E-state index in [1.807, 2.05) is 13.8 Å². The van der Waals surface area contributed by atoms with E-state index in [4.69, 9.17) is 4.74 Å². The molecule has 24 heavy (non-hydrogen) atoms. The van der Waals surface area contributed by atoms with Crippen LogP contribution in [-0.2, 0) is 20.5 Å². The molecule has 7 heteroatoms. The molecular weight excluding hydrogens is 323 g/mol. The van der Waals surface area contributed by atoms with E-state index in [0.29, 0.717) is 0 Å². The van der Waals surface area contributed by atoms with Crippen LogP contribution in [0.4, 0.5) is 13.2 Å². The summed E-state index contributed by atoms with van der Waals surface area (Å²) < 4.78 is 43.2. The lowest BCUT2D eigenvalue weighted by Crippen LogP contribution is -2.48. The maximum atomic E-state index is 12.8. The molecule has 4 atom stereocenters. The number of hydrogen-bond acceptors (Lipinski definition) is 3. The molecule has 2 rings (SSSR count). The molecule has 1 aliphatic carbocycles. The van der Waals surface area contributed by atoms with E-state index in [9.17, 15) is 22.8 Å². The number of ether oxygens (including phenoxy) is 1. The van der Waals surface area contributed by atoms with Crippen molar-refractivity contribution in [1.82, 2.24) is 5.32 Å². The second kappa shape index (κ2) is 6.11. The fourth-order valence-corrected chi connectivity index (χ4v) is 3.04. The number of halogens is 3. The Balaban J connectivity index is 2.20. The molecule has 0 aliphatic heterocycles. The third-order valence-corrected chi connectivity index (χ3v) is 5.04. The number of nitrogens with one attached hydrogen (secondary N) is 1. The summed E-state index contributed by atoms with van der Waals surface area (Å²) in [6, 6.07) is 4.63. The molecule has 1 fully saturated rings. The maximum absolute atomic E-state index is 12.8. The predicted octanol–water partition coefficient (Wildman–Crippen LogP) is 3.12. The monoisotopic (exact) mass is 343 g/mol. The van der Waals surface area contributed by atoms with Crippen molar-refractivity contribution in [3.05, 3.63) is 35.4 Å². The Morgan fingerprint density at radius 3 is 2.29 bits per heavy atom. The van der Waals surface area contributed by atoms with Gasteiger partial charge >= 0.3 is 12.1 Å². The lowest BCUT2D eigenvalue weighted by atomic mass is 9.97. The molecule has 1 aromatic carbocycles. The molecule has 4 nitrogen and oxygen atoms in total. The first-order chi connectivity index (χ1) is 11.1. The van der Waals surface area contributed by atoms with Crippen molar-refractivity contribution in [3.63, 3.8) is 0 Å². The zero-order chi connectivity index (χ0) is 18.3. The van der Waals surface area contributed by atoms with Gasteiger partial charge in [0.05, 0.1) is 18.6 Å². The van der Waals surface area contributed by atoms with Gasteiger partial charge in [0.2, 0.25) is 5.91 Å². The van der Waals surface area contributed by atoms with E-state index >= 15 is 0 Å². The molecule has 132 valence electrons. The number of rotatable bonds is 4. The summed E-state index contributed by atoms with van der Waals surface area (Å²) in [6.45, 7) is 5.14. The van der Waals surface area contributed by atoms with Crippen LogP contribution >= 0.6 is 0 Å². The summed E-state index contributed by atoms with van der Waals surface area (Å²) in [7, 11) is 1.24. The molecule has 0 aromatic heterocycles. The number of methoxy groups -OCH3 is 1. The molecule has 1 amide bonds. The van der Waals surface area contributed by atoms with Gasteiger partial charge < -0.3 is 10.1 Å². The van der Waals surface area contributed by atoms with Crippen LogP contribution in [0.25, 0.3) is 0 Å². The summed E-state index contributed by atoms with van der Waals surface area (Å²) in [5.74, 6) is -2.05. The lowest BCUT2D eigenvalue weighted by molar-refractivity contribution is -0.147. The number of carbonyl (C=O) groups is 2. The summed E-state index contributed by atoms with van der Waals surface area (Å²) in [5.41, 5.74) is -1.67. The fraction of sp³-hybridized carbons (Fsp3) is 0.529. The van der Waals surface area contributed by atoms with Gasteiger partial charge in [-0.1, -0.05) is 32.0 Å². The van der Waals surface area contributed by atoms with Crippen LogP contribution in [0.15, 0.2) is 24.3 Å². The standard InChI is InChI=1S/C17H20F3NO3/c1-9(12-6-5-7-13(8-12)17(18,19)20)14(22)21-16(15(23)24-4)10(2)11(16)3/h5-11H,1-4H3,(H,21,22)/t9?,10-,11?,16?/m1/s1. The Morgan fingerprint density at radius 1 is 1.25 bits per heavy atom. The van der Waals surface area contributed by atoms with Crippen molar-refractivity contribution in [2.24, 2.45) is 11.8 Å². The highest BCUT2D eigenvalue weighted by atomic mass is 19.4. The molecule has 0 spiro atoms. The van der Waals surface area contributed by atoms with Gasteiger partial charge in [0.1, 0.15) is 5.54 Å². The molecule has 0 saturated heterocycles. The molecule has 0 radical (unpaired) electrons. The van der Waals surface area contributed by atoms with Crippen molar-refractivity contribution in [1.29, 1.82) is 0 Å². The van der Waals surface area contributed by atoms with Crippen molar-refractivity contribution in [2.75, 3.05) is 7.11 Å². The normalized spacial score (nSPS) is 27.3. The van der Waals surface area contributed by atoms with Crippen molar-refractivity contribution in [3.8, 4) is 0 Å². The molecule has 0 bridgehead atoms. The van der Waals surface area contributed by atoms with Gasteiger partial charge in [0, 0.05) is 0 Å². The number of alkyl halides is 3. The largest absolute Gasteiger partial charge is 0.467 e. The first-order valence-corrected chi connectivity index (χ1v) is 7.63. The van der Waals surface area contributed by atoms with Crippen LogP contribution in [0.3, 0.4) is 0 Å². The summed E-state index contributed by atoms with van der Waals surface area (Å²) in [6.07, 6.45) is -4.47. The smallest absolute Gasteiger partial charge is 0.416 e. The molecular formula is C17H20F3NO3. The molecule has 1 N–H and O–H groups in total. The van der Waals surface area contributed by atoms with Crippen molar-refractivity contribution in [2.45, 2.75) is 38.4 Å². The Morgan fingerprint density at radius 2 is 1.83 bits per heavy atom. The average Bonchev–Trinajstić information content (AvgIpc) is 3.06. The fourth-order valence-electron chi connectivity index (χ4n) is 3.04. The first kappa shape index (κ1) is 18.3. The van der Waals surface area contributed by atoms with Crippen LogP contribution in [0.1, 0.15) is 37.8 Å². The van der Waals surface area contributed by atoms with Gasteiger partial charge in [0.25, 0.3) is 0 Å². The number of benzene rings is 1. The van der Waals surface area contributed by atoms with E-state index in [1.165, 1.54) is 26.2 Å². The second-order valence-corrected chi connectivity index (χ2v) is 6.27. The van der Waals surface area contributed by atoms with Crippen LogP contribution in [0.2, 0.25) is 0 Å². The van der Waals surface area contributed by atoms with E-state index in [2.05, 4.69) is 5.32 Å². The van der Waals surface area contributed by atoms with Crippen LogP contribution < -0.4 is 5.32 Å². The van der Waals surface area contributed by atoms with Crippen LogP contribution in [0, 0.1) is 11.8 Å². The van der Waals surface area contributed by atoms with E-state index < -0.39 is 35.1 Å². The zero-order valence-electron chi connectivity index (χ0n) is 13.9. The van der Waals surface area contributed by atoms with E-state index in [-0.39, 0.29) is 17.4 Å².